The smallest absolute Gasteiger partial charge is 0.406 e. The van der Waals surface area contributed by atoms with Crippen LogP contribution in [0.5, 0.6) is 5.75 Å². The van der Waals surface area contributed by atoms with E-state index in [1.54, 1.807) is 12.1 Å². The van der Waals surface area contributed by atoms with Crippen molar-refractivity contribution in [3.8, 4) is 16.9 Å². The molecule has 1 saturated heterocycles. The first kappa shape index (κ1) is 16.8. The first-order chi connectivity index (χ1) is 11.5. The molecule has 1 heterocycles. The molecule has 0 aromatic heterocycles. The van der Waals surface area contributed by atoms with Crippen molar-refractivity contribution in [2.24, 2.45) is 0 Å². The standard InChI is InChI=1S/C18H18F3NO2/c19-18(20,21)24-15-6-3-5-13(10-15)17-7-2-1-4-14(17)12-23-16-8-9-22-11-16/h1-7,10,16,22H,8-9,11-12H2. The van der Waals surface area contributed by atoms with Gasteiger partial charge in [-0.2, -0.15) is 0 Å². The topological polar surface area (TPSA) is 30.5 Å². The Hall–Kier alpha value is -2.05. The van der Waals surface area contributed by atoms with Gasteiger partial charge in [0.15, 0.2) is 0 Å². The predicted octanol–water partition coefficient (Wildman–Crippen LogP) is 4.13. The van der Waals surface area contributed by atoms with E-state index in [4.69, 9.17) is 4.74 Å². The number of alkyl halides is 3. The van der Waals surface area contributed by atoms with E-state index in [9.17, 15) is 13.2 Å². The largest absolute Gasteiger partial charge is 0.573 e. The van der Waals surface area contributed by atoms with E-state index in [1.165, 1.54) is 12.1 Å². The molecule has 1 unspecified atom stereocenters. The summed E-state index contributed by atoms with van der Waals surface area (Å²) >= 11 is 0. The molecule has 0 spiro atoms. The van der Waals surface area contributed by atoms with Crippen molar-refractivity contribution in [1.29, 1.82) is 0 Å². The van der Waals surface area contributed by atoms with E-state index >= 15 is 0 Å². The molecule has 1 aliphatic heterocycles. The van der Waals surface area contributed by atoms with Crippen LogP contribution >= 0.6 is 0 Å². The molecule has 3 rings (SSSR count). The summed E-state index contributed by atoms with van der Waals surface area (Å²) in [5.74, 6) is -0.226. The van der Waals surface area contributed by atoms with Crippen LogP contribution in [-0.4, -0.2) is 25.6 Å². The highest BCUT2D eigenvalue weighted by Gasteiger charge is 2.31. The van der Waals surface area contributed by atoms with Crippen molar-refractivity contribution in [2.45, 2.75) is 25.5 Å². The Balaban J connectivity index is 1.79. The van der Waals surface area contributed by atoms with Crippen molar-refractivity contribution in [3.63, 3.8) is 0 Å². The molecule has 128 valence electrons. The van der Waals surface area contributed by atoms with Gasteiger partial charge in [-0.05, 0) is 41.8 Å². The summed E-state index contributed by atoms with van der Waals surface area (Å²) in [5.41, 5.74) is 2.45. The number of hydrogen-bond donors (Lipinski definition) is 1. The predicted molar refractivity (Wildman–Crippen MR) is 84.6 cm³/mol. The van der Waals surface area contributed by atoms with Gasteiger partial charge in [0.2, 0.25) is 0 Å². The number of nitrogens with one attached hydrogen (secondary N) is 1. The lowest BCUT2D eigenvalue weighted by Crippen LogP contribution is -2.17. The van der Waals surface area contributed by atoms with Crippen LogP contribution in [0.3, 0.4) is 0 Å². The van der Waals surface area contributed by atoms with Crippen LogP contribution in [0.1, 0.15) is 12.0 Å². The van der Waals surface area contributed by atoms with Crippen molar-refractivity contribution in [1.82, 2.24) is 5.32 Å². The summed E-state index contributed by atoms with van der Waals surface area (Å²) < 4.78 is 47.1. The average molecular weight is 337 g/mol. The normalized spacial score (nSPS) is 17.9. The number of ether oxygens (including phenoxy) is 2. The van der Waals surface area contributed by atoms with Gasteiger partial charge in [0.05, 0.1) is 12.7 Å². The average Bonchev–Trinajstić information content (AvgIpc) is 3.05. The summed E-state index contributed by atoms with van der Waals surface area (Å²) in [6.07, 6.45) is -3.55. The zero-order chi connectivity index (χ0) is 17.0. The van der Waals surface area contributed by atoms with E-state index < -0.39 is 6.36 Å². The minimum Gasteiger partial charge on any atom is -0.406 e. The monoisotopic (exact) mass is 337 g/mol. The Kier molecular flexibility index (Phi) is 5.06. The lowest BCUT2D eigenvalue weighted by molar-refractivity contribution is -0.274. The molecule has 1 atom stereocenters. The lowest BCUT2D eigenvalue weighted by Gasteiger charge is -2.15. The van der Waals surface area contributed by atoms with Crippen LogP contribution in [-0.2, 0) is 11.3 Å². The second-order valence-corrected chi connectivity index (χ2v) is 5.66. The maximum absolute atomic E-state index is 12.4. The molecule has 0 bridgehead atoms. The van der Waals surface area contributed by atoms with E-state index in [1.807, 2.05) is 24.3 Å². The second kappa shape index (κ2) is 7.23. The molecule has 0 aliphatic carbocycles. The van der Waals surface area contributed by atoms with E-state index in [2.05, 4.69) is 10.1 Å². The molecule has 1 N–H and O–H groups in total. The van der Waals surface area contributed by atoms with Gasteiger partial charge in [0.1, 0.15) is 5.75 Å². The molecule has 2 aromatic carbocycles. The van der Waals surface area contributed by atoms with Gasteiger partial charge in [0, 0.05) is 6.54 Å². The van der Waals surface area contributed by atoms with Crippen LogP contribution in [0, 0.1) is 0 Å². The SMILES string of the molecule is FC(F)(F)Oc1cccc(-c2ccccc2COC2CCNC2)c1. The lowest BCUT2D eigenvalue weighted by atomic mass is 10.00. The van der Waals surface area contributed by atoms with E-state index in [0.717, 1.165) is 30.6 Å². The quantitative estimate of drug-likeness (QED) is 0.890. The van der Waals surface area contributed by atoms with E-state index in [-0.39, 0.29) is 11.9 Å². The zero-order valence-corrected chi connectivity index (χ0v) is 13.0. The van der Waals surface area contributed by atoms with Crippen LogP contribution in [0.4, 0.5) is 13.2 Å². The fourth-order valence-corrected chi connectivity index (χ4v) is 2.77. The zero-order valence-electron chi connectivity index (χ0n) is 13.0. The highest BCUT2D eigenvalue weighted by atomic mass is 19.4. The third kappa shape index (κ3) is 4.49. The maximum Gasteiger partial charge on any atom is 0.573 e. The van der Waals surface area contributed by atoms with Crippen molar-refractivity contribution in [2.75, 3.05) is 13.1 Å². The van der Waals surface area contributed by atoms with Crippen molar-refractivity contribution in [3.05, 3.63) is 54.1 Å². The van der Waals surface area contributed by atoms with Crippen molar-refractivity contribution >= 4 is 0 Å². The minimum absolute atomic E-state index is 0.179. The van der Waals surface area contributed by atoms with Gasteiger partial charge in [-0.25, -0.2) is 0 Å². The third-order valence-corrected chi connectivity index (χ3v) is 3.89. The highest BCUT2D eigenvalue weighted by molar-refractivity contribution is 5.68. The number of rotatable bonds is 5. The first-order valence-electron chi connectivity index (χ1n) is 7.78. The van der Waals surface area contributed by atoms with Gasteiger partial charge in [0.25, 0.3) is 0 Å². The Morgan fingerprint density at radius 3 is 2.67 bits per heavy atom. The Morgan fingerprint density at radius 2 is 1.92 bits per heavy atom. The maximum atomic E-state index is 12.4. The van der Waals surface area contributed by atoms with Gasteiger partial charge in [-0.1, -0.05) is 36.4 Å². The Bertz CT molecular complexity index is 682. The van der Waals surface area contributed by atoms with Crippen molar-refractivity contribution < 1.29 is 22.6 Å². The van der Waals surface area contributed by atoms with Gasteiger partial charge in [-0.3, -0.25) is 0 Å². The summed E-state index contributed by atoms with van der Waals surface area (Å²) in [5, 5.41) is 3.24. The summed E-state index contributed by atoms with van der Waals surface area (Å²) in [4.78, 5) is 0. The number of benzene rings is 2. The molecule has 24 heavy (non-hydrogen) atoms. The Labute approximate surface area is 138 Å². The fraction of sp³-hybridized carbons (Fsp3) is 0.333. The first-order valence-corrected chi connectivity index (χ1v) is 7.78. The summed E-state index contributed by atoms with van der Waals surface area (Å²) in [7, 11) is 0. The minimum atomic E-state index is -4.70. The summed E-state index contributed by atoms with van der Waals surface area (Å²) in [6, 6.07) is 13.5. The molecule has 0 saturated carbocycles. The van der Waals surface area contributed by atoms with Crippen LogP contribution in [0.15, 0.2) is 48.5 Å². The second-order valence-electron chi connectivity index (χ2n) is 5.66. The number of halogens is 3. The highest BCUT2D eigenvalue weighted by Crippen LogP contribution is 2.30. The molecular weight excluding hydrogens is 319 g/mol. The molecule has 3 nitrogen and oxygen atoms in total. The molecular formula is C18H18F3NO2. The Morgan fingerprint density at radius 1 is 1.08 bits per heavy atom. The van der Waals surface area contributed by atoms with Gasteiger partial charge >= 0.3 is 6.36 Å². The summed E-state index contributed by atoms with van der Waals surface area (Å²) in [6.45, 7) is 2.20. The van der Waals surface area contributed by atoms with Crippen LogP contribution < -0.4 is 10.1 Å². The molecule has 2 aromatic rings. The van der Waals surface area contributed by atoms with Crippen LogP contribution in [0.25, 0.3) is 11.1 Å². The van der Waals surface area contributed by atoms with Gasteiger partial charge < -0.3 is 14.8 Å². The fourth-order valence-electron chi connectivity index (χ4n) is 2.77. The molecule has 6 heteroatoms. The van der Waals surface area contributed by atoms with E-state index in [0.29, 0.717) is 12.2 Å². The van der Waals surface area contributed by atoms with Gasteiger partial charge in [-0.15, -0.1) is 13.2 Å². The number of hydrogen-bond acceptors (Lipinski definition) is 3. The molecule has 1 fully saturated rings. The molecule has 0 radical (unpaired) electrons. The molecule has 1 aliphatic rings. The third-order valence-electron chi connectivity index (χ3n) is 3.89. The van der Waals surface area contributed by atoms with Crippen LogP contribution in [0.2, 0.25) is 0 Å². The molecule has 0 amide bonds.